The average molecular weight is 354 g/mol. The molecule has 5 rings (SSSR count). The number of rotatable bonds is 1. The van der Waals surface area contributed by atoms with Crippen molar-refractivity contribution in [1.82, 2.24) is 0 Å². The predicted molar refractivity (Wildman–Crippen MR) is 112 cm³/mol. The van der Waals surface area contributed by atoms with Gasteiger partial charge in [0.1, 0.15) is 7.14 Å². The first kappa shape index (κ1) is 15.6. The van der Waals surface area contributed by atoms with Gasteiger partial charge >= 0.3 is 0 Å². The largest absolute Gasteiger partial charge is 0.314 e. The lowest BCUT2D eigenvalue weighted by Gasteiger charge is -2.21. The number of hydrogen-bond donors (Lipinski definition) is 0. The van der Waals surface area contributed by atoms with Crippen LogP contribution in [0.2, 0.25) is 0 Å². The fourth-order valence-electron chi connectivity index (χ4n) is 4.27. The van der Waals surface area contributed by atoms with Crippen LogP contribution in [-0.2, 0) is 4.57 Å². The molecule has 26 heavy (non-hydrogen) atoms. The van der Waals surface area contributed by atoms with Crippen molar-refractivity contribution in [2.45, 2.75) is 6.92 Å². The molecule has 1 unspecified atom stereocenters. The Kier molecular flexibility index (Phi) is 3.42. The minimum atomic E-state index is -2.70. The Morgan fingerprint density at radius 1 is 0.654 bits per heavy atom. The van der Waals surface area contributed by atoms with Crippen molar-refractivity contribution in [2.75, 3.05) is 6.16 Å². The summed E-state index contributed by atoms with van der Waals surface area (Å²) in [6.07, 6.45) is 0.628. The zero-order chi connectivity index (χ0) is 17.7. The Bertz CT molecular complexity index is 1210. The molecule has 1 atom stereocenters. The van der Waals surface area contributed by atoms with Crippen molar-refractivity contribution in [3.05, 3.63) is 84.9 Å². The van der Waals surface area contributed by atoms with Gasteiger partial charge in [0.15, 0.2) is 0 Å². The molecule has 0 aromatic heterocycles. The molecule has 4 aromatic carbocycles. The molecule has 0 N–H and O–H groups in total. The topological polar surface area (TPSA) is 17.1 Å². The van der Waals surface area contributed by atoms with Gasteiger partial charge in [-0.1, -0.05) is 85.8 Å². The second-order valence-corrected chi connectivity index (χ2v) is 9.87. The van der Waals surface area contributed by atoms with E-state index < -0.39 is 7.14 Å². The van der Waals surface area contributed by atoms with Gasteiger partial charge in [0.05, 0.1) is 0 Å². The van der Waals surface area contributed by atoms with E-state index in [2.05, 4.69) is 72.8 Å². The third kappa shape index (κ3) is 2.01. The third-order valence-corrected chi connectivity index (χ3v) is 8.73. The molecule has 0 amide bonds. The molecule has 2 heteroatoms. The predicted octanol–water partition coefficient (Wildman–Crippen LogP) is 5.82. The normalized spacial score (nSPS) is 17.9. The van der Waals surface area contributed by atoms with Gasteiger partial charge in [0.25, 0.3) is 0 Å². The van der Waals surface area contributed by atoms with Crippen LogP contribution in [-0.4, -0.2) is 6.16 Å². The molecule has 1 aliphatic rings. The number of hydrogen-bond acceptors (Lipinski definition) is 1. The summed E-state index contributed by atoms with van der Waals surface area (Å²) < 4.78 is 14.4. The van der Waals surface area contributed by atoms with Gasteiger partial charge in [-0.05, 0) is 33.5 Å². The summed E-state index contributed by atoms with van der Waals surface area (Å²) in [6, 6.07) is 29.3. The Balaban J connectivity index is 2.06. The summed E-state index contributed by atoms with van der Waals surface area (Å²) in [5.74, 6) is 0. The average Bonchev–Trinajstić information content (AvgIpc) is 2.81. The molecule has 0 saturated carbocycles. The Labute approximate surface area is 153 Å². The summed E-state index contributed by atoms with van der Waals surface area (Å²) in [6.45, 7) is 2.05. The fourth-order valence-corrected chi connectivity index (χ4v) is 7.04. The van der Waals surface area contributed by atoms with E-state index in [9.17, 15) is 4.57 Å². The molecule has 1 nitrogen and oxygen atoms in total. The zero-order valence-corrected chi connectivity index (χ0v) is 15.5. The monoisotopic (exact) mass is 354 g/mol. The molecule has 126 valence electrons. The third-order valence-electron chi connectivity index (χ3n) is 5.52. The molecular formula is C24H19OP. The highest BCUT2D eigenvalue weighted by Crippen LogP contribution is 2.53. The number of benzene rings is 4. The van der Waals surface area contributed by atoms with E-state index in [1.54, 1.807) is 0 Å². The number of fused-ring (bicyclic) bond motifs is 7. The minimum absolute atomic E-state index is 0.628. The molecular weight excluding hydrogens is 335 g/mol. The molecule has 0 saturated heterocycles. The maximum absolute atomic E-state index is 14.4. The second-order valence-electron chi connectivity index (χ2n) is 6.80. The summed E-state index contributed by atoms with van der Waals surface area (Å²) in [5.41, 5.74) is 4.60. The Morgan fingerprint density at radius 2 is 1.31 bits per heavy atom. The van der Waals surface area contributed by atoms with Crippen molar-refractivity contribution < 1.29 is 4.57 Å². The highest BCUT2D eigenvalue weighted by atomic mass is 31.2. The maximum atomic E-state index is 14.4. The molecule has 4 aromatic rings. The van der Waals surface area contributed by atoms with Crippen LogP contribution in [0.1, 0.15) is 6.92 Å². The van der Waals surface area contributed by atoms with Crippen molar-refractivity contribution in [1.29, 1.82) is 0 Å². The van der Waals surface area contributed by atoms with Crippen molar-refractivity contribution in [3.63, 3.8) is 0 Å². The van der Waals surface area contributed by atoms with Crippen molar-refractivity contribution in [3.8, 4) is 22.3 Å². The molecule has 1 heterocycles. The lowest BCUT2D eigenvalue weighted by Crippen LogP contribution is -2.19. The molecule has 0 aliphatic carbocycles. The van der Waals surface area contributed by atoms with Gasteiger partial charge in [-0.2, -0.15) is 0 Å². The van der Waals surface area contributed by atoms with Gasteiger partial charge in [-0.3, -0.25) is 0 Å². The molecule has 0 fully saturated rings. The smallest absolute Gasteiger partial charge is 0.144 e. The molecule has 0 radical (unpaired) electrons. The van der Waals surface area contributed by atoms with E-state index in [0.29, 0.717) is 6.16 Å². The second kappa shape index (κ2) is 5.69. The summed E-state index contributed by atoms with van der Waals surface area (Å²) in [7, 11) is -2.70. The summed E-state index contributed by atoms with van der Waals surface area (Å²) in [4.78, 5) is 0. The molecule has 0 bridgehead atoms. The maximum Gasteiger partial charge on any atom is 0.144 e. The van der Waals surface area contributed by atoms with Crippen LogP contribution in [0.25, 0.3) is 33.0 Å². The van der Waals surface area contributed by atoms with Crippen LogP contribution in [0, 0.1) is 0 Å². The van der Waals surface area contributed by atoms with Gasteiger partial charge in [0, 0.05) is 22.3 Å². The standard InChI is InChI=1S/C24H19OP/c1-2-26(25)22-14-8-7-12-20(22)19-11-5-6-13-21(19)24-18-10-4-3-9-17(18)15-16-23(24)26/h3-16H,2H2,1H3. The summed E-state index contributed by atoms with van der Waals surface area (Å²) >= 11 is 0. The van der Waals surface area contributed by atoms with Crippen molar-refractivity contribution in [2.24, 2.45) is 0 Å². The van der Waals surface area contributed by atoms with Gasteiger partial charge in [-0.15, -0.1) is 0 Å². The highest BCUT2D eigenvalue weighted by Gasteiger charge is 2.35. The Morgan fingerprint density at radius 3 is 2.12 bits per heavy atom. The fraction of sp³-hybridized carbons (Fsp3) is 0.0833. The van der Waals surface area contributed by atoms with E-state index in [0.717, 1.165) is 21.7 Å². The SMILES string of the molecule is CCP1(=O)c2ccccc2-c2ccccc2-c2c1ccc1ccccc21. The summed E-state index contributed by atoms with van der Waals surface area (Å²) in [5, 5.41) is 4.36. The van der Waals surface area contributed by atoms with Crippen molar-refractivity contribution >= 4 is 28.5 Å². The van der Waals surface area contributed by atoms with Crippen LogP contribution in [0.3, 0.4) is 0 Å². The van der Waals surface area contributed by atoms with Crippen LogP contribution >= 0.6 is 7.14 Å². The van der Waals surface area contributed by atoms with Crippen LogP contribution < -0.4 is 10.6 Å². The lowest BCUT2D eigenvalue weighted by atomic mass is 9.91. The van der Waals surface area contributed by atoms with Crippen LogP contribution in [0.5, 0.6) is 0 Å². The van der Waals surface area contributed by atoms with E-state index in [4.69, 9.17) is 0 Å². The Hall–Kier alpha value is -2.63. The van der Waals surface area contributed by atoms with E-state index in [1.165, 1.54) is 21.9 Å². The highest BCUT2D eigenvalue weighted by molar-refractivity contribution is 7.79. The first-order valence-corrected chi connectivity index (χ1v) is 10.9. The van der Waals surface area contributed by atoms with Crippen LogP contribution in [0.15, 0.2) is 84.9 Å². The van der Waals surface area contributed by atoms with Gasteiger partial charge in [0.2, 0.25) is 0 Å². The zero-order valence-electron chi connectivity index (χ0n) is 14.6. The van der Waals surface area contributed by atoms with E-state index in [1.807, 2.05) is 19.1 Å². The van der Waals surface area contributed by atoms with E-state index >= 15 is 0 Å². The lowest BCUT2D eigenvalue weighted by molar-refractivity contribution is 0.588. The van der Waals surface area contributed by atoms with E-state index in [-0.39, 0.29) is 0 Å². The first-order chi connectivity index (χ1) is 12.7. The van der Waals surface area contributed by atoms with Gasteiger partial charge < -0.3 is 4.57 Å². The molecule has 1 aliphatic heterocycles. The molecule has 0 spiro atoms. The van der Waals surface area contributed by atoms with Crippen LogP contribution in [0.4, 0.5) is 0 Å². The quantitative estimate of drug-likeness (QED) is 0.394. The first-order valence-electron chi connectivity index (χ1n) is 9.05. The van der Waals surface area contributed by atoms with Gasteiger partial charge in [-0.25, -0.2) is 0 Å². The minimum Gasteiger partial charge on any atom is -0.314 e.